The second-order valence-electron chi connectivity index (χ2n) is 5.33. The molecule has 1 aromatic carbocycles. The molecule has 24 heavy (non-hydrogen) atoms. The highest BCUT2D eigenvalue weighted by Crippen LogP contribution is 2.25. The van der Waals surface area contributed by atoms with Crippen molar-refractivity contribution in [2.45, 2.75) is 31.8 Å². The molecule has 0 saturated carbocycles. The average Bonchev–Trinajstić information content (AvgIpc) is 2.54. The van der Waals surface area contributed by atoms with Crippen molar-refractivity contribution < 1.29 is 9.53 Å². The summed E-state index contributed by atoms with van der Waals surface area (Å²) in [7, 11) is 1.56. The lowest BCUT2D eigenvalue weighted by Gasteiger charge is -2.10. The highest BCUT2D eigenvalue weighted by Gasteiger charge is 2.10. The number of H-pyrrole nitrogens is 1. The van der Waals surface area contributed by atoms with Crippen LogP contribution in [0.3, 0.4) is 0 Å². The van der Waals surface area contributed by atoms with E-state index in [1.165, 1.54) is 17.8 Å². The number of aromatic amines is 1. The largest absolute Gasteiger partial charge is 0.495 e. The predicted molar refractivity (Wildman–Crippen MR) is 95.9 cm³/mol. The quantitative estimate of drug-likeness (QED) is 0.594. The fourth-order valence-electron chi connectivity index (χ4n) is 2.16. The summed E-state index contributed by atoms with van der Waals surface area (Å²) in [6, 6.07) is 7.05. The summed E-state index contributed by atoms with van der Waals surface area (Å²) >= 11 is 1.20. The fraction of sp³-hybridized carbons (Fsp3) is 0.353. The van der Waals surface area contributed by atoms with Gasteiger partial charge in [0.2, 0.25) is 5.91 Å². The molecule has 0 saturated heterocycles. The Hall–Kier alpha value is -2.28. The third-order valence-corrected chi connectivity index (χ3v) is 4.12. The van der Waals surface area contributed by atoms with Crippen LogP contribution in [0.2, 0.25) is 0 Å². The lowest BCUT2D eigenvalue weighted by atomic mass is 10.2. The van der Waals surface area contributed by atoms with Gasteiger partial charge in [0.25, 0.3) is 5.56 Å². The van der Waals surface area contributed by atoms with Crippen molar-refractivity contribution in [2.24, 2.45) is 0 Å². The maximum absolute atomic E-state index is 12.1. The van der Waals surface area contributed by atoms with Crippen LogP contribution in [0.5, 0.6) is 5.75 Å². The van der Waals surface area contributed by atoms with Crippen LogP contribution in [0.25, 0.3) is 0 Å². The highest BCUT2D eigenvalue weighted by molar-refractivity contribution is 7.99. The lowest BCUT2D eigenvalue weighted by molar-refractivity contribution is -0.113. The molecule has 2 aromatic rings. The Bertz CT molecular complexity index is 774. The van der Waals surface area contributed by atoms with E-state index in [0.29, 0.717) is 16.6 Å². The van der Waals surface area contributed by atoms with Gasteiger partial charge in [0.05, 0.1) is 18.6 Å². The Kier molecular flexibility index (Phi) is 6.43. The van der Waals surface area contributed by atoms with Crippen molar-refractivity contribution in [3.63, 3.8) is 0 Å². The van der Waals surface area contributed by atoms with Gasteiger partial charge in [-0.3, -0.25) is 9.59 Å². The van der Waals surface area contributed by atoms with Gasteiger partial charge in [0.1, 0.15) is 5.75 Å². The highest BCUT2D eigenvalue weighted by atomic mass is 32.2. The maximum Gasteiger partial charge on any atom is 0.251 e. The topological polar surface area (TPSA) is 84.1 Å². The van der Waals surface area contributed by atoms with E-state index in [-0.39, 0.29) is 17.2 Å². The molecule has 128 valence electrons. The van der Waals surface area contributed by atoms with Crippen molar-refractivity contribution >= 4 is 23.4 Å². The van der Waals surface area contributed by atoms with Crippen LogP contribution in [0, 0.1) is 6.92 Å². The summed E-state index contributed by atoms with van der Waals surface area (Å²) in [6.45, 7) is 3.98. The van der Waals surface area contributed by atoms with Crippen molar-refractivity contribution in [3.05, 3.63) is 45.9 Å². The molecular weight excluding hydrogens is 326 g/mol. The molecule has 0 aliphatic rings. The molecule has 1 aromatic heterocycles. The summed E-state index contributed by atoms with van der Waals surface area (Å²) in [6.07, 6.45) is 1.65. The minimum atomic E-state index is -0.198. The third-order valence-electron chi connectivity index (χ3n) is 3.25. The van der Waals surface area contributed by atoms with E-state index < -0.39 is 0 Å². The third kappa shape index (κ3) is 5.13. The predicted octanol–water partition coefficient (Wildman–Crippen LogP) is 2.77. The van der Waals surface area contributed by atoms with Crippen LogP contribution >= 0.6 is 11.8 Å². The molecule has 1 heterocycles. The molecule has 7 heteroatoms. The number of nitrogens with one attached hydrogen (secondary N) is 2. The van der Waals surface area contributed by atoms with E-state index in [1.807, 2.05) is 26.0 Å². The monoisotopic (exact) mass is 347 g/mol. The molecule has 0 radical (unpaired) electrons. The van der Waals surface area contributed by atoms with Crippen LogP contribution < -0.4 is 15.6 Å². The Balaban J connectivity index is 2.00. The fourth-order valence-corrected chi connectivity index (χ4v) is 2.85. The van der Waals surface area contributed by atoms with Gasteiger partial charge in [-0.05, 0) is 31.0 Å². The Morgan fingerprint density at radius 3 is 2.88 bits per heavy atom. The number of rotatable bonds is 7. The van der Waals surface area contributed by atoms with Gasteiger partial charge in [-0.25, -0.2) is 4.98 Å². The second-order valence-corrected chi connectivity index (χ2v) is 6.30. The van der Waals surface area contributed by atoms with Gasteiger partial charge in [0, 0.05) is 11.8 Å². The van der Waals surface area contributed by atoms with E-state index >= 15 is 0 Å². The van der Waals surface area contributed by atoms with E-state index in [0.717, 1.165) is 24.1 Å². The minimum absolute atomic E-state index is 0.148. The van der Waals surface area contributed by atoms with Gasteiger partial charge in [-0.1, -0.05) is 31.2 Å². The molecule has 0 bridgehead atoms. The van der Waals surface area contributed by atoms with E-state index in [2.05, 4.69) is 15.3 Å². The number of anilines is 1. The summed E-state index contributed by atoms with van der Waals surface area (Å²) < 4.78 is 5.27. The van der Waals surface area contributed by atoms with Gasteiger partial charge >= 0.3 is 0 Å². The summed E-state index contributed by atoms with van der Waals surface area (Å²) in [5.41, 5.74) is 2.21. The number of nitrogens with zero attached hydrogens (tertiary/aromatic N) is 1. The molecule has 0 fully saturated rings. The first-order valence-corrected chi connectivity index (χ1v) is 8.68. The zero-order valence-electron chi connectivity index (χ0n) is 14.0. The van der Waals surface area contributed by atoms with Crippen LogP contribution in [0.15, 0.2) is 34.2 Å². The van der Waals surface area contributed by atoms with Crippen LogP contribution in [-0.2, 0) is 11.2 Å². The van der Waals surface area contributed by atoms with Gasteiger partial charge in [0.15, 0.2) is 5.16 Å². The number of amides is 1. The van der Waals surface area contributed by atoms with Crippen molar-refractivity contribution in [2.75, 3.05) is 18.2 Å². The molecule has 0 unspecified atom stereocenters. The van der Waals surface area contributed by atoms with Gasteiger partial charge < -0.3 is 15.0 Å². The minimum Gasteiger partial charge on any atom is -0.495 e. The smallest absolute Gasteiger partial charge is 0.251 e. The maximum atomic E-state index is 12.1. The number of aromatic nitrogens is 2. The lowest BCUT2D eigenvalue weighted by Crippen LogP contribution is -2.16. The number of thioether (sulfide) groups is 1. The summed E-state index contributed by atoms with van der Waals surface area (Å²) in [4.78, 5) is 30.7. The first kappa shape index (κ1) is 18.1. The molecule has 2 N–H and O–H groups in total. The normalized spacial score (nSPS) is 10.5. The van der Waals surface area contributed by atoms with Crippen molar-refractivity contribution in [1.29, 1.82) is 0 Å². The Morgan fingerprint density at radius 2 is 2.17 bits per heavy atom. The first-order chi connectivity index (χ1) is 11.5. The van der Waals surface area contributed by atoms with E-state index in [4.69, 9.17) is 4.74 Å². The van der Waals surface area contributed by atoms with Crippen LogP contribution in [0.1, 0.15) is 24.6 Å². The van der Waals surface area contributed by atoms with E-state index in [9.17, 15) is 9.59 Å². The van der Waals surface area contributed by atoms with Crippen molar-refractivity contribution in [3.8, 4) is 5.75 Å². The molecule has 0 aliphatic carbocycles. The number of aryl methyl sites for hydroxylation is 2. The number of benzene rings is 1. The van der Waals surface area contributed by atoms with Crippen LogP contribution in [0.4, 0.5) is 5.69 Å². The van der Waals surface area contributed by atoms with Crippen molar-refractivity contribution in [1.82, 2.24) is 9.97 Å². The Labute approximate surface area is 145 Å². The molecule has 6 nitrogen and oxygen atoms in total. The molecular formula is C17H21N3O3S. The first-order valence-electron chi connectivity index (χ1n) is 7.69. The van der Waals surface area contributed by atoms with Crippen LogP contribution in [-0.4, -0.2) is 28.7 Å². The zero-order valence-corrected chi connectivity index (χ0v) is 14.8. The number of carbonyl (C=O) groups is 1. The zero-order chi connectivity index (χ0) is 17.5. The molecule has 0 aliphatic heterocycles. The van der Waals surface area contributed by atoms with E-state index in [1.54, 1.807) is 13.2 Å². The molecule has 2 rings (SSSR count). The summed E-state index contributed by atoms with van der Waals surface area (Å²) in [5, 5.41) is 3.26. The molecule has 0 spiro atoms. The molecule has 0 atom stereocenters. The Morgan fingerprint density at radius 1 is 1.38 bits per heavy atom. The van der Waals surface area contributed by atoms with Gasteiger partial charge in [-0.15, -0.1) is 0 Å². The SMILES string of the molecule is CCCc1cc(=O)[nH]c(SCC(=O)Nc2ccc(C)cc2OC)n1. The molecule has 1 amide bonds. The standard InChI is InChI=1S/C17H21N3O3S/c1-4-5-12-9-15(21)20-17(18-12)24-10-16(22)19-13-7-6-11(2)8-14(13)23-3/h6-9H,4-5,10H2,1-3H3,(H,19,22)(H,18,20,21). The number of hydrogen-bond donors (Lipinski definition) is 2. The number of carbonyl (C=O) groups excluding carboxylic acids is 1. The second kappa shape index (κ2) is 8.54. The summed E-state index contributed by atoms with van der Waals surface area (Å²) in [5.74, 6) is 0.575. The number of methoxy groups -OCH3 is 1. The average molecular weight is 347 g/mol. The number of hydrogen-bond acceptors (Lipinski definition) is 5. The van der Waals surface area contributed by atoms with Gasteiger partial charge in [-0.2, -0.15) is 0 Å². The number of ether oxygens (including phenoxy) is 1.